The third-order valence-corrected chi connectivity index (χ3v) is 6.26. The standard InChI is InChI=1S/C22H28N2O4/c1-5-14-9-7-10-15-16-11-8-12-22(6-2,13-17(25)26)19(16)24(18(14)15)20(27)21(3,4)23-28/h7,9-10H,5-6,8,11-13H2,1-4H3,(H,25,26). The lowest BCUT2D eigenvalue weighted by molar-refractivity contribution is -0.138. The number of aliphatic carboxylic acids is 1. The van der Waals surface area contributed by atoms with Crippen LogP contribution in [0.5, 0.6) is 0 Å². The van der Waals surface area contributed by atoms with E-state index in [2.05, 4.69) is 5.18 Å². The van der Waals surface area contributed by atoms with Crippen molar-refractivity contribution in [3.8, 4) is 0 Å². The summed E-state index contributed by atoms with van der Waals surface area (Å²) < 4.78 is 1.65. The number of fused-ring (bicyclic) bond motifs is 3. The molecule has 1 N–H and O–H groups in total. The lowest BCUT2D eigenvalue weighted by atomic mass is 9.69. The maximum atomic E-state index is 13.5. The Morgan fingerprint density at radius 3 is 2.57 bits per heavy atom. The van der Waals surface area contributed by atoms with Crippen LogP contribution >= 0.6 is 0 Å². The van der Waals surface area contributed by atoms with E-state index in [4.69, 9.17) is 0 Å². The summed E-state index contributed by atoms with van der Waals surface area (Å²) in [6, 6.07) is 5.98. The van der Waals surface area contributed by atoms with Crippen LogP contribution in [0.3, 0.4) is 0 Å². The van der Waals surface area contributed by atoms with Crippen molar-refractivity contribution in [3.05, 3.63) is 39.9 Å². The topological polar surface area (TPSA) is 88.7 Å². The molecule has 0 radical (unpaired) electrons. The molecule has 0 saturated heterocycles. The predicted molar refractivity (Wildman–Crippen MR) is 109 cm³/mol. The Bertz CT molecular complexity index is 957. The lowest BCUT2D eigenvalue weighted by Crippen LogP contribution is -2.41. The number of carboxylic acids is 1. The van der Waals surface area contributed by atoms with Crippen LogP contribution in [0.4, 0.5) is 0 Å². The highest BCUT2D eigenvalue weighted by molar-refractivity contribution is 6.01. The number of aromatic nitrogens is 1. The minimum absolute atomic E-state index is 0.0312. The average Bonchev–Trinajstić information content (AvgIpc) is 3.02. The number of carbonyl (C=O) groups is 2. The molecule has 0 amide bonds. The molecule has 1 aliphatic rings. The molecule has 0 saturated carbocycles. The highest BCUT2D eigenvalue weighted by atomic mass is 16.4. The zero-order valence-electron chi connectivity index (χ0n) is 17.0. The van der Waals surface area contributed by atoms with Crippen molar-refractivity contribution in [2.45, 2.75) is 77.2 Å². The lowest BCUT2D eigenvalue weighted by Gasteiger charge is -2.37. The fourth-order valence-corrected chi connectivity index (χ4v) is 4.74. The molecule has 1 aromatic carbocycles. The number of para-hydroxylation sites is 1. The van der Waals surface area contributed by atoms with E-state index in [0.29, 0.717) is 12.8 Å². The van der Waals surface area contributed by atoms with Crippen LogP contribution in [0.1, 0.15) is 75.0 Å². The molecule has 1 atom stereocenters. The number of hydrogen-bond donors (Lipinski definition) is 1. The van der Waals surface area contributed by atoms with E-state index >= 15 is 0 Å². The molecule has 0 bridgehead atoms. The first-order valence-electron chi connectivity index (χ1n) is 9.99. The van der Waals surface area contributed by atoms with Gasteiger partial charge in [-0.15, -0.1) is 4.91 Å². The van der Waals surface area contributed by atoms with Crippen molar-refractivity contribution in [1.29, 1.82) is 0 Å². The second-order valence-corrected chi connectivity index (χ2v) is 8.34. The Morgan fingerprint density at radius 2 is 2.00 bits per heavy atom. The van der Waals surface area contributed by atoms with Gasteiger partial charge in [0.25, 0.3) is 5.91 Å². The van der Waals surface area contributed by atoms with Crippen molar-refractivity contribution < 1.29 is 14.7 Å². The third kappa shape index (κ3) is 2.95. The van der Waals surface area contributed by atoms with E-state index in [1.165, 1.54) is 13.8 Å². The van der Waals surface area contributed by atoms with E-state index in [1.807, 2.05) is 32.0 Å². The van der Waals surface area contributed by atoms with Gasteiger partial charge in [0.2, 0.25) is 0 Å². The van der Waals surface area contributed by atoms with Crippen LogP contribution in [-0.2, 0) is 23.1 Å². The molecular weight excluding hydrogens is 356 g/mol. The molecule has 1 unspecified atom stereocenters. The minimum atomic E-state index is -1.43. The predicted octanol–water partition coefficient (Wildman–Crippen LogP) is 4.85. The van der Waals surface area contributed by atoms with Gasteiger partial charge in [0.15, 0.2) is 5.54 Å². The number of rotatable bonds is 6. The summed E-state index contributed by atoms with van der Waals surface area (Å²) in [6.07, 6.45) is 3.72. The maximum absolute atomic E-state index is 13.5. The first-order chi connectivity index (χ1) is 13.2. The fraction of sp³-hybridized carbons (Fsp3) is 0.545. The molecule has 0 fully saturated rings. The van der Waals surface area contributed by atoms with Crippen LogP contribution in [0, 0.1) is 4.91 Å². The van der Waals surface area contributed by atoms with Crippen LogP contribution < -0.4 is 0 Å². The van der Waals surface area contributed by atoms with E-state index < -0.39 is 16.9 Å². The molecule has 0 spiro atoms. The highest BCUT2D eigenvalue weighted by Crippen LogP contribution is 2.47. The Balaban J connectivity index is 2.47. The maximum Gasteiger partial charge on any atom is 0.304 e. The Kier molecular flexibility index (Phi) is 5.17. The molecule has 6 heteroatoms. The monoisotopic (exact) mass is 384 g/mol. The summed E-state index contributed by atoms with van der Waals surface area (Å²) in [5.74, 6) is -1.26. The Labute approximate surface area is 164 Å². The summed E-state index contributed by atoms with van der Waals surface area (Å²) in [5.41, 5.74) is 1.60. The molecule has 0 aliphatic heterocycles. The summed E-state index contributed by atoms with van der Waals surface area (Å²) in [4.78, 5) is 36.7. The van der Waals surface area contributed by atoms with E-state index in [1.54, 1.807) is 4.57 Å². The minimum Gasteiger partial charge on any atom is -0.481 e. The van der Waals surface area contributed by atoms with Gasteiger partial charge in [-0.2, -0.15) is 0 Å². The van der Waals surface area contributed by atoms with Gasteiger partial charge in [0, 0.05) is 16.5 Å². The Hall–Kier alpha value is -2.50. The van der Waals surface area contributed by atoms with Gasteiger partial charge in [-0.25, -0.2) is 0 Å². The van der Waals surface area contributed by atoms with Gasteiger partial charge >= 0.3 is 5.97 Å². The number of aryl methyl sites for hydroxylation is 2. The van der Waals surface area contributed by atoms with Gasteiger partial charge in [0.1, 0.15) is 0 Å². The molecular formula is C22H28N2O4. The number of nitrogens with zero attached hydrogens (tertiary/aromatic N) is 2. The van der Waals surface area contributed by atoms with Gasteiger partial charge in [-0.3, -0.25) is 14.2 Å². The first-order valence-corrected chi connectivity index (χ1v) is 9.99. The van der Waals surface area contributed by atoms with Crippen molar-refractivity contribution in [2.75, 3.05) is 0 Å². The average molecular weight is 384 g/mol. The van der Waals surface area contributed by atoms with Gasteiger partial charge in [-0.05, 0) is 57.1 Å². The van der Waals surface area contributed by atoms with Crippen LogP contribution in [0.2, 0.25) is 0 Å². The second-order valence-electron chi connectivity index (χ2n) is 8.34. The normalized spacial score (nSPS) is 19.4. The smallest absolute Gasteiger partial charge is 0.304 e. The SMILES string of the molecule is CCc1cccc2c3c(n(C(=O)C(C)(C)N=O)c12)C(CC)(CC(=O)O)CCC3. The molecule has 6 nitrogen and oxygen atoms in total. The third-order valence-electron chi connectivity index (χ3n) is 6.26. The zero-order valence-corrected chi connectivity index (χ0v) is 17.0. The van der Waals surface area contributed by atoms with Gasteiger partial charge < -0.3 is 5.11 Å². The molecule has 2 aromatic rings. The molecule has 28 heavy (non-hydrogen) atoms. The summed E-state index contributed by atoms with van der Waals surface area (Å²) >= 11 is 0. The van der Waals surface area contributed by atoms with E-state index in [0.717, 1.165) is 47.0 Å². The molecule has 1 heterocycles. The number of nitroso groups, excluding NO2 is 1. The molecule has 3 rings (SSSR count). The Morgan fingerprint density at radius 1 is 1.29 bits per heavy atom. The van der Waals surface area contributed by atoms with Crippen molar-refractivity contribution in [3.63, 3.8) is 0 Å². The number of carbonyl (C=O) groups excluding carboxylic acids is 1. The number of benzene rings is 1. The highest BCUT2D eigenvalue weighted by Gasteiger charge is 2.44. The number of hydrogen-bond acceptors (Lipinski definition) is 4. The molecule has 1 aromatic heterocycles. The van der Waals surface area contributed by atoms with Crippen LogP contribution in [-0.4, -0.2) is 27.1 Å². The largest absolute Gasteiger partial charge is 0.481 e. The quantitative estimate of drug-likeness (QED) is 0.721. The first kappa shape index (κ1) is 20.2. The molecule has 150 valence electrons. The molecule has 1 aliphatic carbocycles. The summed E-state index contributed by atoms with van der Waals surface area (Å²) in [5, 5.41) is 13.7. The van der Waals surface area contributed by atoms with E-state index in [-0.39, 0.29) is 12.3 Å². The van der Waals surface area contributed by atoms with Crippen molar-refractivity contribution >= 4 is 22.8 Å². The van der Waals surface area contributed by atoms with Crippen LogP contribution in [0.25, 0.3) is 10.9 Å². The summed E-state index contributed by atoms with van der Waals surface area (Å²) in [6.45, 7) is 7.04. The summed E-state index contributed by atoms with van der Waals surface area (Å²) in [7, 11) is 0. The van der Waals surface area contributed by atoms with Gasteiger partial charge in [0.05, 0.1) is 11.9 Å². The fourth-order valence-electron chi connectivity index (χ4n) is 4.74. The van der Waals surface area contributed by atoms with Crippen LogP contribution in [0.15, 0.2) is 23.4 Å². The van der Waals surface area contributed by atoms with Gasteiger partial charge in [-0.1, -0.05) is 37.2 Å². The second kappa shape index (κ2) is 7.15. The number of carboxylic acid groups (broad SMARTS) is 1. The zero-order chi connectivity index (χ0) is 20.7. The van der Waals surface area contributed by atoms with Crippen molar-refractivity contribution in [1.82, 2.24) is 4.57 Å². The van der Waals surface area contributed by atoms with Crippen molar-refractivity contribution in [2.24, 2.45) is 5.18 Å². The van der Waals surface area contributed by atoms with E-state index in [9.17, 15) is 19.6 Å².